The van der Waals surface area contributed by atoms with Crippen molar-refractivity contribution >= 4 is 15.7 Å². The molecule has 3 rings (SSSR count). The third kappa shape index (κ3) is 4.79. The molecule has 25 heavy (non-hydrogen) atoms. The molecule has 1 aromatic heterocycles. The van der Waals surface area contributed by atoms with Gasteiger partial charge in [-0.25, -0.2) is 13.4 Å². The standard InChI is InChI=1S/C18H20N2O4S/c21-17(16-8-10-25(22,23)13-16)20-11-15-7-4-9-19-18(15)24-12-14-5-2-1-3-6-14/h1-7,9,16H,8,10-13H2,(H,20,21)/t16-/m1/s1. The van der Waals surface area contributed by atoms with Crippen molar-refractivity contribution in [1.29, 1.82) is 0 Å². The van der Waals surface area contributed by atoms with E-state index in [4.69, 9.17) is 4.74 Å². The van der Waals surface area contributed by atoms with E-state index in [0.29, 0.717) is 18.9 Å². The van der Waals surface area contributed by atoms with Crippen LogP contribution in [0.4, 0.5) is 0 Å². The number of carbonyl (C=O) groups excluding carboxylic acids is 1. The molecule has 132 valence electrons. The molecule has 0 aliphatic carbocycles. The van der Waals surface area contributed by atoms with Gasteiger partial charge in [0.15, 0.2) is 9.84 Å². The summed E-state index contributed by atoms with van der Waals surface area (Å²) in [5.41, 5.74) is 1.78. The summed E-state index contributed by atoms with van der Waals surface area (Å²) in [5, 5.41) is 2.79. The Bertz CT molecular complexity index is 837. The van der Waals surface area contributed by atoms with Crippen LogP contribution in [0.15, 0.2) is 48.7 Å². The van der Waals surface area contributed by atoms with Gasteiger partial charge in [-0.15, -0.1) is 0 Å². The third-order valence-corrected chi connectivity index (χ3v) is 5.89. The zero-order valence-electron chi connectivity index (χ0n) is 13.7. The summed E-state index contributed by atoms with van der Waals surface area (Å²) in [6.45, 7) is 0.646. The Balaban J connectivity index is 1.58. The van der Waals surface area contributed by atoms with E-state index in [-0.39, 0.29) is 24.0 Å². The lowest BCUT2D eigenvalue weighted by molar-refractivity contribution is -0.124. The highest BCUT2D eigenvalue weighted by Crippen LogP contribution is 2.20. The molecule has 0 spiro atoms. The van der Waals surface area contributed by atoms with E-state index in [1.165, 1.54) is 0 Å². The van der Waals surface area contributed by atoms with Gasteiger partial charge in [-0.1, -0.05) is 36.4 Å². The monoisotopic (exact) mass is 360 g/mol. The molecule has 0 saturated carbocycles. The van der Waals surface area contributed by atoms with Gasteiger partial charge in [0, 0.05) is 18.3 Å². The van der Waals surface area contributed by atoms with Crippen LogP contribution in [-0.2, 0) is 27.8 Å². The summed E-state index contributed by atoms with van der Waals surface area (Å²) in [6, 6.07) is 13.3. The van der Waals surface area contributed by atoms with Crippen molar-refractivity contribution in [3.05, 3.63) is 59.8 Å². The summed E-state index contributed by atoms with van der Waals surface area (Å²) in [7, 11) is -3.07. The maximum atomic E-state index is 12.2. The number of carbonyl (C=O) groups is 1. The molecule has 2 aromatic rings. The molecule has 0 unspecified atom stereocenters. The molecule has 1 N–H and O–H groups in total. The van der Waals surface area contributed by atoms with Crippen molar-refractivity contribution in [3.8, 4) is 5.88 Å². The normalized spacial score (nSPS) is 18.6. The molecule has 1 aliphatic rings. The Hall–Kier alpha value is -2.41. The van der Waals surface area contributed by atoms with Crippen molar-refractivity contribution in [3.63, 3.8) is 0 Å². The van der Waals surface area contributed by atoms with Crippen LogP contribution in [0.5, 0.6) is 5.88 Å². The molecule has 6 nitrogen and oxygen atoms in total. The fourth-order valence-corrected chi connectivity index (χ4v) is 4.48. The fourth-order valence-electron chi connectivity index (χ4n) is 2.74. The summed E-state index contributed by atoms with van der Waals surface area (Å²) in [4.78, 5) is 16.4. The number of rotatable bonds is 6. The highest BCUT2D eigenvalue weighted by Gasteiger charge is 2.32. The second-order valence-corrected chi connectivity index (χ2v) is 8.29. The van der Waals surface area contributed by atoms with Crippen LogP contribution in [-0.4, -0.2) is 30.8 Å². The van der Waals surface area contributed by atoms with Gasteiger partial charge in [-0.2, -0.15) is 0 Å². The minimum absolute atomic E-state index is 0.0662. The smallest absolute Gasteiger partial charge is 0.224 e. The average Bonchev–Trinajstić information content (AvgIpc) is 2.99. The first-order chi connectivity index (χ1) is 12.0. The first kappa shape index (κ1) is 17.4. The van der Waals surface area contributed by atoms with Gasteiger partial charge in [0.05, 0.1) is 17.4 Å². The summed E-state index contributed by atoms with van der Waals surface area (Å²) in [5.74, 6) is -0.216. The number of pyridine rings is 1. The number of sulfone groups is 1. The topological polar surface area (TPSA) is 85.4 Å². The zero-order valence-corrected chi connectivity index (χ0v) is 14.5. The minimum atomic E-state index is -3.07. The number of nitrogens with one attached hydrogen (secondary N) is 1. The molecule has 7 heteroatoms. The van der Waals surface area contributed by atoms with Crippen molar-refractivity contribution in [2.45, 2.75) is 19.6 Å². The van der Waals surface area contributed by atoms with Gasteiger partial charge in [0.25, 0.3) is 0 Å². The summed E-state index contributed by atoms with van der Waals surface area (Å²) >= 11 is 0. The maximum Gasteiger partial charge on any atom is 0.224 e. The first-order valence-corrected chi connectivity index (χ1v) is 9.94. The quantitative estimate of drug-likeness (QED) is 0.848. The molecule has 1 aliphatic heterocycles. The second-order valence-electron chi connectivity index (χ2n) is 6.06. The Morgan fingerprint density at radius 2 is 2.00 bits per heavy atom. The Morgan fingerprint density at radius 3 is 2.72 bits per heavy atom. The molecule has 1 amide bonds. The lowest BCUT2D eigenvalue weighted by Gasteiger charge is -2.13. The SMILES string of the molecule is O=C(NCc1cccnc1OCc1ccccc1)[C@@H]1CCS(=O)(=O)C1. The van der Waals surface area contributed by atoms with E-state index in [0.717, 1.165) is 11.1 Å². The summed E-state index contributed by atoms with van der Waals surface area (Å²) < 4.78 is 28.7. The van der Waals surface area contributed by atoms with E-state index in [9.17, 15) is 13.2 Å². The molecular formula is C18H20N2O4S. The number of nitrogens with zero attached hydrogens (tertiary/aromatic N) is 1. The van der Waals surface area contributed by atoms with Crippen molar-refractivity contribution < 1.29 is 17.9 Å². The molecule has 2 heterocycles. The Morgan fingerprint density at radius 1 is 1.20 bits per heavy atom. The van der Waals surface area contributed by atoms with Crippen molar-refractivity contribution in [1.82, 2.24) is 10.3 Å². The van der Waals surface area contributed by atoms with Gasteiger partial charge in [0.2, 0.25) is 11.8 Å². The van der Waals surface area contributed by atoms with E-state index < -0.39 is 15.8 Å². The largest absolute Gasteiger partial charge is 0.473 e. The fraction of sp³-hybridized carbons (Fsp3) is 0.333. The van der Waals surface area contributed by atoms with Crippen molar-refractivity contribution in [2.24, 2.45) is 5.92 Å². The van der Waals surface area contributed by atoms with Gasteiger partial charge in [-0.05, 0) is 18.1 Å². The number of ether oxygens (including phenoxy) is 1. The zero-order chi connectivity index (χ0) is 17.7. The maximum absolute atomic E-state index is 12.2. The molecule has 1 aromatic carbocycles. The molecular weight excluding hydrogens is 340 g/mol. The lowest BCUT2D eigenvalue weighted by Crippen LogP contribution is -2.31. The second kappa shape index (κ2) is 7.65. The number of benzene rings is 1. The molecule has 1 fully saturated rings. The van der Waals surface area contributed by atoms with Crippen LogP contribution in [0.25, 0.3) is 0 Å². The van der Waals surface area contributed by atoms with E-state index >= 15 is 0 Å². The van der Waals surface area contributed by atoms with Gasteiger partial charge in [-0.3, -0.25) is 4.79 Å². The molecule has 0 radical (unpaired) electrons. The van der Waals surface area contributed by atoms with Gasteiger partial charge < -0.3 is 10.1 Å². The van der Waals surface area contributed by atoms with Crippen LogP contribution < -0.4 is 10.1 Å². The summed E-state index contributed by atoms with van der Waals surface area (Å²) in [6.07, 6.45) is 2.02. The first-order valence-electron chi connectivity index (χ1n) is 8.12. The van der Waals surface area contributed by atoms with E-state index in [1.54, 1.807) is 12.3 Å². The Kier molecular flexibility index (Phi) is 5.33. The highest BCUT2D eigenvalue weighted by atomic mass is 32.2. The van der Waals surface area contributed by atoms with Crippen LogP contribution in [0.2, 0.25) is 0 Å². The lowest BCUT2D eigenvalue weighted by atomic mass is 10.1. The number of amides is 1. The minimum Gasteiger partial charge on any atom is -0.473 e. The van der Waals surface area contributed by atoms with Crippen LogP contribution >= 0.6 is 0 Å². The van der Waals surface area contributed by atoms with Crippen LogP contribution in [0.3, 0.4) is 0 Å². The Labute approximate surface area is 147 Å². The van der Waals surface area contributed by atoms with Gasteiger partial charge in [0.1, 0.15) is 6.61 Å². The van der Waals surface area contributed by atoms with Crippen LogP contribution in [0, 0.1) is 5.92 Å². The molecule has 1 atom stereocenters. The van der Waals surface area contributed by atoms with Crippen LogP contribution in [0.1, 0.15) is 17.5 Å². The van der Waals surface area contributed by atoms with Crippen molar-refractivity contribution in [2.75, 3.05) is 11.5 Å². The van der Waals surface area contributed by atoms with Gasteiger partial charge >= 0.3 is 0 Å². The molecule has 1 saturated heterocycles. The predicted molar refractivity (Wildman–Crippen MR) is 93.6 cm³/mol. The highest BCUT2D eigenvalue weighted by molar-refractivity contribution is 7.91. The van der Waals surface area contributed by atoms with E-state index in [1.807, 2.05) is 36.4 Å². The van der Waals surface area contributed by atoms with E-state index in [2.05, 4.69) is 10.3 Å². The number of hydrogen-bond acceptors (Lipinski definition) is 5. The predicted octanol–water partition coefficient (Wildman–Crippen LogP) is 1.71. The number of aromatic nitrogens is 1. The average molecular weight is 360 g/mol. The number of hydrogen-bond donors (Lipinski definition) is 1. The molecule has 0 bridgehead atoms. The third-order valence-electron chi connectivity index (χ3n) is 4.12.